The van der Waals surface area contributed by atoms with Crippen LogP contribution in [0.15, 0.2) is 42.0 Å². The molecule has 111 heavy (non-hydrogen) atoms. The molecule has 1 aliphatic carbocycles. The van der Waals surface area contributed by atoms with Crippen molar-refractivity contribution in [2.45, 2.75) is 390 Å². The summed E-state index contributed by atoms with van der Waals surface area (Å²) in [6.07, 6.45) is -16.7. The number of Topliss-reactive ketones (excluding diaryl/α,β-unsaturated/α-hetero) is 2. The predicted molar refractivity (Wildman–Crippen MR) is 403 cm³/mol. The van der Waals surface area contributed by atoms with Gasteiger partial charge >= 0.3 is 11.9 Å². The fraction of sp³-hybridized carbons (Fsp3) is 0.819. The summed E-state index contributed by atoms with van der Waals surface area (Å²) in [5.74, 6) is -10.7. The number of ether oxygens (including phenoxy) is 9. The summed E-state index contributed by atoms with van der Waals surface area (Å²) < 4.78 is 56.3. The Morgan fingerprint density at radius 2 is 1.23 bits per heavy atom. The molecule has 28 nitrogen and oxygen atoms in total. The molecule has 0 saturated carbocycles. The third kappa shape index (κ3) is 26.7. The number of hydrogen-bond acceptors (Lipinski definition) is 28. The third-order valence-electron chi connectivity index (χ3n) is 24.1. The van der Waals surface area contributed by atoms with E-state index < -0.39 is 224 Å². The Bertz CT molecular complexity index is 3160. The van der Waals surface area contributed by atoms with Gasteiger partial charge in [0.2, 0.25) is 11.6 Å². The van der Waals surface area contributed by atoms with Crippen LogP contribution in [0.3, 0.4) is 0 Å². The van der Waals surface area contributed by atoms with E-state index in [1.165, 1.54) is 12.2 Å². The van der Waals surface area contributed by atoms with Gasteiger partial charge in [-0.1, -0.05) is 66.7 Å². The van der Waals surface area contributed by atoms with Crippen LogP contribution < -0.4 is 0 Å². The van der Waals surface area contributed by atoms with Crippen LogP contribution in [0.4, 0.5) is 0 Å². The topological polar surface area (TPSA) is 452 Å². The van der Waals surface area contributed by atoms with Crippen LogP contribution in [0.5, 0.6) is 0 Å². The van der Waals surface area contributed by atoms with Crippen LogP contribution in [-0.4, -0.2) is 253 Å². The van der Waals surface area contributed by atoms with E-state index in [4.69, 9.17) is 42.6 Å². The number of carbonyl (C=O) groups is 5. The molecule has 1 aromatic rings. The molecule has 0 spiro atoms. The molecule has 33 atom stereocenters. The molecular formula is C83H134O28. The number of aliphatic hydroxyl groups excluding tert-OH is 12. The number of esters is 2. The van der Waals surface area contributed by atoms with Gasteiger partial charge < -0.3 is 114 Å². The Kier molecular flexibility index (Phi) is 36.2. The Morgan fingerprint density at radius 1 is 0.604 bits per heavy atom. The standard InChI is InChI=1S/C83H134O28/c1-14-67(106-72-41-82(13,101)80(52(12)105-72)110-71-32-29-68(51(11)104-71)107-81(100)49(9)78(109-70-31-28-64(91)50(10)103-70)53-24-27-62-63(34-53)66(93)33-45(5)73(62)95)46(6)75(97)47(7)76(98)48(8)77-44(4)22-26-55(85)17-15-19-56(86)35-58(88)36-59(89)37-61-38-60(90)40-83(102,111-61)79(99)74(96)43(3)21-25-54(84)18-16-20-57(87)39-65(92)42(2)23-30-69(94)108-77/h22,24,26-27,33-34,42-44,46-52,54-61,64-65,67-68,70-72,74-78,80,84-92,96-98,101-102H,14-21,23,25,28-32,35-41H2,1-13H3. The highest BCUT2D eigenvalue weighted by atomic mass is 16.7. The first-order chi connectivity index (χ1) is 52.1. The highest BCUT2D eigenvalue weighted by molar-refractivity contribution is 6.24. The largest absolute Gasteiger partial charge is 0.461 e. The molecule has 5 heterocycles. The van der Waals surface area contributed by atoms with E-state index in [1.807, 2.05) is 6.92 Å². The lowest BCUT2D eigenvalue weighted by atomic mass is 9.78. The monoisotopic (exact) mass is 1580 g/mol. The first kappa shape index (κ1) is 94.0. The summed E-state index contributed by atoms with van der Waals surface area (Å²) in [4.78, 5) is 67.8. The number of benzene rings is 1. The third-order valence-corrected chi connectivity index (χ3v) is 24.1. The van der Waals surface area contributed by atoms with Crippen molar-refractivity contribution in [1.82, 2.24) is 0 Å². The van der Waals surface area contributed by atoms with Crippen molar-refractivity contribution >= 4 is 29.3 Å². The van der Waals surface area contributed by atoms with Gasteiger partial charge in [0, 0.05) is 72.5 Å². The number of allylic oxidation sites excluding steroid dienone is 2. The van der Waals surface area contributed by atoms with Gasteiger partial charge in [-0.2, -0.15) is 0 Å². The molecule has 14 N–H and O–H groups in total. The van der Waals surface area contributed by atoms with E-state index in [0.717, 1.165) is 0 Å². The minimum absolute atomic E-state index is 0.0233. The second-order valence-electron chi connectivity index (χ2n) is 33.8. The normalized spacial score (nSPS) is 39.5. The molecule has 2 bridgehead atoms. The van der Waals surface area contributed by atoms with Crippen molar-refractivity contribution in [3.8, 4) is 0 Å². The Morgan fingerprint density at radius 3 is 1.89 bits per heavy atom. The van der Waals surface area contributed by atoms with Crippen LogP contribution in [-0.2, 0) is 57.0 Å². The average Bonchev–Trinajstić information content (AvgIpc) is 0.793. The van der Waals surface area contributed by atoms with Crippen LogP contribution in [0, 0.1) is 41.4 Å². The van der Waals surface area contributed by atoms with Crippen molar-refractivity contribution in [2.24, 2.45) is 41.4 Å². The van der Waals surface area contributed by atoms with E-state index in [2.05, 4.69) is 0 Å². The minimum Gasteiger partial charge on any atom is -0.461 e. The molecule has 5 aliphatic heterocycles. The molecule has 0 amide bonds. The zero-order chi connectivity index (χ0) is 82.3. The molecule has 0 aromatic heterocycles. The van der Waals surface area contributed by atoms with E-state index in [0.29, 0.717) is 49.7 Å². The van der Waals surface area contributed by atoms with Gasteiger partial charge in [-0.25, -0.2) is 0 Å². The van der Waals surface area contributed by atoms with Crippen LogP contribution in [0.25, 0.3) is 0 Å². The smallest absolute Gasteiger partial charge is 0.312 e. The number of carbonyl (C=O) groups excluding carboxylic acids is 5. The molecule has 0 radical (unpaired) electrons. The quantitative estimate of drug-likeness (QED) is 0.0604. The van der Waals surface area contributed by atoms with E-state index in [-0.39, 0.29) is 119 Å². The molecule has 4 saturated heterocycles. The fourth-order valence-corrected chi connectivity index (χ4v) is 16.7. The van der Waals surface area contributed by atoms with Gasteiger partial charge in [0.1, 0.15) is 24.4 Å². The van der Waals surface area contributed by atoms with Crippen LogP contribution >= 0.6 is 0 Å². The van der Waals surface area contributed by atoms with Crippen molar-refractivity contribution in [3.63, 3.8) is 0 Å². The summed E-state index contributed by atoms with van der Waals surface area (Å²) in [5.41, 5.74) is -0.329. The van der Waals surface area contributed by atoms with Gasteiger partial charge in [-0.05, 0) is 186 Å². The number of cyclic esters (lactones) is 1. The summed E-state index contributed by atoms with van der Waals surface area (Å²) in [6.45, 7) is 22.1. The van der Waals surface area contributed by atoms with Crippen molar-refractivity contribution < 1.29 is 138 Å². The molecule has 33 unspecified atom stereocenters. The van der Waals surface area contributed by atoms with Crippen molar-refractivity contribution in [2.75, 3.05) is 0 Å². The second-order valence-corrected chi connectivity index (χ2v) is 33.8. The maximum atomic E-state index is 14.2. The van der Waals surface area contributed by atoms with E-state index in [9.17, 15) is 95.5 Å². The molecule has 7 rings (SSSR count). The summed E-state index contributed by atoms with van der Waals surface area (Å²) in [5, 5.41) is 157. The molecule has 1 aromatic carbocycles. The number of ketones is 3. The Labute approximate surface area is 654 Å². The Hall–Kier alpha value is -4.19. The Balaban J connectivity index is 0.945. The summed E-state index contributed by atoms with van der Waals surface area (Å²) in [7, 11) is 0. The van der Waals surface area contributed by atoms with Gasteiger partial charge in [-0.15, -0.1) is 0 Å². The minimum atomic E-state index is -2.58. The van der Waals surface area contributed by atoms with Gasteiger partial charge in [-0.3, -0.25) is 24.0 Å². The second kappa shape index (κ2) is 42.8. The summed E-state index contributed by atoms with van der Waals surface area (Å²) >= 11 is 0. The first-order valence-electron chi connectivity index (χ1n) is 40.9. The zero-order valence-corrected chi connectivity index (χ0v) is 67.4. The number of hydrogen-bond donors (Lipinski definition) is 14. The van der Waals surface area contributed by atoms with E-state index in [1.54, 1.807) is 107 Å². The van der Waals surface area contributed by atoms with Crippen LogP contribution in [0.2, 0.25) is 0 Å². The first-order valence-corrected chi connectivity index (χ1v) is 40.9. The SMILES string of the molecule is CCC(OC1CC(C)(O)C(OC2CCC(OC(=O)C(C)C(OC3CCC(O)C(C)O3)c3ccc4c(c3)C(=O)C=C(C)C4=O)C(C)O2)C(C)O1)C(C)C(O)C(C)C(O)C(C)C1OC(=O)CCC(C)C(O)CC(O)CCCC(O)CCC(C)C(O)C(=O)C2(O)CC(O)CC(CC(O)CC(O)CC(O)CCCC(O)C=CC1C)O2. The molecule has 4 fully saturated rings. The lowest BCUT2D eigenvalue weighted by Crippen LogP contribution is -2.59. The molecular weight excluding hydrogens is 1440 g/mol. The number of fused-ring (bicyclic) bond motifs is 3. The zero-order valence-electron chi connectivity index (χ0n) is 67.4. The lowest BCUT2D eigenvalue weighted by Gasteiger charge is -2.47. The fourth-order valence-electron chi connectivity index (χ4n) is 16.7. The van der Waals surface area contributed by atoms with Gasteiger partial charge in [0.05, 0.1) is 115 Å². The van der Waals surface area contributed by atoms with Gasteiger partial charge in [0.25, 0.3) is 0 Å². The molecule has 634 valence electrons. The van der Waals surface area contributed by atoms with E-state index >= 15 is 0 Å². The molecule has 6 aliphatic rings. The predicted octanol–water partition coefficient (Wildman–Crippen LogP) is 6.26. The average molecular weight is 1580 g/mol. The van der Waals surface area contributed by atoms with Crippen molar-refractivity contribution in [1.29, 1.82) is 0 Å². The highest BCUT2D eigenvalue weighted by Crippen LogP contribution is 2.41. The maximum Gasteiger partial charge on any atom is 0.312 e. The summed E-state index contributed by atoms with van der Waals surface area (Å²) in [6, 6.07) is 4.77. The van der Waals surface area contributed by atoms with Gasteiger partial charge in [0.15, 0.2) is 30.4 Å². The molecule has 28 heteroatoms. The number of rotatable bonds is 17. The number of aliphatic hydroxyl groups is 14. The van der Waals surface area contributed by atoms with Crippen molar-refractivity contribution in [3.05, 3.63) is 58.7 Å². The van der Waals surface area contributed by atoms with Crippen LogP contribution in [0.1, 0.15) is 264 Å². The highest BCUT2D eigenvalue weighted by Gasteiger charge is 2.52. The maximum absolute atomic E-state index is 14.2. The lowest BCUT2D eigenvalue weighted by molar-refractivity contribution is -0.330.